The monoisotopic (exact) mass is 782 g/mol. The highest BCUT2D eigenvalue weighted by molar-refractivity contribution is 5.81. The van der Waals surface area contributed by atoms with E-state index in [9.17, 15) is 24.0 Å². The smallest absolute Gasteiger partial charge is 0.407 e. The van der Waals surface area contributed by atoms with Gasteiger partial charge in [-0.3, -0.25) is 19.3 Å². The van der Waals surface area contributed by atoms with E-state index >= 15 is 0 Å². The lowest BCUT2D eigenvalue weighted by Gasteiger charge is -2.21. The fraction of sp³-hybridized carbons (Fsp3) is 0.853. The van der Waals surface area contributed by atoms with Gasteiger partial charge in [-0.2, -0.15) is 0 Å². The molecule has 0 aliphatic carbocycles. The van der Waals surface area contributed by atoms with Gasteiger partial charge in [-0.1, -0.05) is 0 Å². The standard InChI is InChI=1S/C34H66N6O14/c1-33(2,3)53-31(45)38-10-16-50-21-19-48-14-8-36-28(41)26-40(12-18-52-24-23-47-13-7-35-25-30(43)44)27-29(42)37-9-15-49-20-22-51-17-11-39-32(46)54-34(4,5)6/h35H,7-27H2,1-6H3,(H,36,41)(H,37,42)(H,38,45)(H,39,46)(H,43,44). The van der Waals surface area contributed by atoms with Crippen molar-refractivity contribution in [2.24, 2.45) is 0 Å². The van der Waals surface area contributed by atoms with Crippen LogP contribution in [0, 0.1) is 0 Å². The normalized spacial score (nSPS) is 11.6. The lowest BCUT2D eigenvalue weighted by atomic mass is 10.2. The topological polar surface area (TPSA) is 243 Å². The molecule has 0 unspecified atom stereocenters. The van der Waals surface area contributed by atoms with Gasteiger partial charge >= 0.3 is 18.2 Å². The van der Waals surface area contributed by atoms with E-state index in [1.54, 1.807) is 46.4 Å². The maximum Gasteiger partial charge on any atom is 0.407 e. The Morgan fingerprint density at radius 1 is 0.481 bits per heavy atom. The molecule has 0 bridgehead atoms. The van der Waals surface area contributed by atoms with Crippen LogP contribution >= 0.6 is 0 Å². The molecule has 20 nitrogen and oxygen atoms in total. The van der Waals surface area contributed by atoms with Crippen molar-refractivity contribution in [1.82, 2.24) is 31.5 Å². The summed E-state index contributed by atoms with van der Waals surface area (Å²) in [5.74, 6) is -1.53. The fourth-order valence-electron chi connectivity index (χ4n) is 3.84. The van der Waals surface area contributed by atoms with Crippen molar-refractivity contribution in [1.29, 1.82) is 0 Å². The lowest BCUT2D eigenvalue weighted by molar-refractivity contribution is -0.136. The second-order valence-corrected chi connectivity index (χ2v) is 13.5. The van der Waals surface area contributed by atoms with Gasteiger partial charge in [0.2, 0.25) is 11.8 Å². The minimum atomic E-state index is -0.943. The average Bonchev–Trinajstić information content (AvgIpc) is 3.05. The van der Waals surface area contributed by atoms with Crippen molar-refractivity contribution in [3.8, 4) is 0 Å². The third-order valence-corrected chi connectivity index (χ3v) is 6.07. The van der Waals surface area contributed by atoms with Crippen molar-refractivity contribution in [3.05, 3.63) is 0 Å². The highest BCUT2D eigenvalue weighted by Gasteiger charge is 2.17. The van der Waals surface area contributed by atoms with Gasteiger partial charge in [-0.25, -0.2) is 9.59 Å². The molecule has 0 heterocycles. The summed E-state index contributed by atoms with van der Waals surface area (Å²) >= 11 is 0. The number of nitrogens with zero attached hydrogens (tertiary/aromatic N) is 1. The Morgan fingerprint density at radius 3 is 1.17 bits per heavy atom. The number of hydrogen-bond donors (Lipinski definition) is 6. The predicted octanol–water partition coefficient (Wildman–Crippen LogP) is -0.656. The molecule has 0 aliphatic heterocycles. The Labute approximate surface area is 319 Å². The van der Waals surface area contributed by atoms with E-state index in [-0.39, 0.29) is 71.0 Å². The van der Waals surface area contributed by atoms with Gasteiger partial charge in [0.15, 0.2) is 0 Å². The second kappa shape index (κ2) is 31.9. The molecule has 0 aromatic rings. The van der Waals surface area contributed by atoms with Crippen LogP contribution < -0.4 is 26.6 Å². The number of carbonyl (C=O) groups is 5. The van der Waals surface area contributed by atoms with Gasteiger partial charge in [0, 0.05) is 39.3 Å². The highest BCUT2D eigenvalue weighted by Crippen LogP contribution is 2.06. The molecule has 0 rings (SSSR count). The zero-order chi connectivity index (χ0) is 40.5. The van der Waals surface area contributed by atoms with Crippen LogP contribution in [0.25, 0.3) is 0 Å². The van der Waals surface area contributed by atoms with E-state index < -0.39 is 29.4 Å². The quantitative estimate of drug-likeness (QED) is 0.0453. The third-order valence-electron chi connectivity index (χ3n) is 6.07. The van der Waals surface area contributed by atoms with Crippen LogP contribution in [-0.4, -0.2) is 189 Å². The molecule has 0 saturated carbocycles. The highest BCUT2D eigenvalue weighted by atomic mass is 16.6. The Balaban J connectivity index is 4.31. The van der Waals surface area contributed by atoms with Crippen LogP contribution in [0.1, 0.15) is 41.5 Å². The summed E-state index contributed by atoms with van der Waals surface area (Å²) < 4.78 is 43.0. The van der Waals surface area contributed by atoms with Crippen LogP contribution in [0.3, 0.4) is 0 Å². The number of alkyl carbamates (subject to hydrolysis) is 2. The summed E-state index contributed by atoms with van der Waals surface area (Å²) in [4.78, 5) is 60.6. The first-order valence-corrected chi connectivity index (χ1v) is 18.2. The molecule has 0 spiro atoms. The summed E-state index contributed by atoms with van der Waals surface area (Å²) in [5.41, 5.74) is -1.14. The van der Waals surface area contributed by atoms with Crippen LogP contribution in [0.2, 0.25) is 0 Å². The van der Waals surface area contributed by atoms with Crippen molar-refractivity contribution in [2.75, 3.05) is 138 Å². The van der Waals surface area contributed by atoms with E-state index in [2.05, 4.69) is 26.6 Å². The Hall–Kier alpha value is -3.37. The molecular formula is C34H66N6O14. The molecule has 0 saturated heterocycles. The number of rotatable bonds is 33. The number of amides is 4. The van der Waals surface area contributed by atoms with Crippen LogP contribution in [-0.2, 0) is 52.3 Å². The molecule has 4 amide bonds. The summed E-state index contributed by atoms with van der Waals surface area (Å²) in [7, 11) is 0. The van der Waals surface area contributed by atoms with E-state index in [1.807, 2.05) is 0 Å². The van der Waals surface area contributed by atoms with E-state index in [1.165, 1.54) is 0 Å². The molecular weight excluding hydrogens is 716 g/mol. The van der Waals surface area contributed by atoms with Crippen molar-refractivity contribution >= 4 is 30.0 Å². The van der Waals surface area contributed by atoms with Crippen molar-refractivity contribution in [2.45, 2.75) is 52.7 Å². The Morgan fingerprint density at radius 2 is 0.815 bits per heavy atom. The number of hydrogen-bond acceptors (Lipinski definition) is 15. The zero-order valence-electron chi connectivity index (χ0n) is 33.1. The number of carbonyl (C=O) groups excluding carboxylic acids is 4. The summed E-state index contributed by atoms with van der Waals surface area (Å²) in [6, 6.07) is 0. The van der Waals surface area contributed by atoms with Gasteiger partial charge in [0.1, 0.15) is 11.2 Å². The van der Waals surface area contributed by atoms with Crippen LogP contribution in [0.15, 0.2) is 0 Å². The molecule has 6 N–H and O–H groups in total. The number of carboxylic acids is 1. The minimum absolute atomic E-state index is 0.0487. The first-order chi connectivity index (χ1) is 25.6. The molecule has 0 aromatic heterocycles. The minimum Gasteiger partial charge on any atom is -0.480 e. The van der Waals surface area contributed by atoms with Crippen molar-refractivity contribution in [3.63, 3.8) is 0 Å². The van der Waals surface area contributed by atoms with E-state index in [4.69, 9.17) is 43.0 Å². The number of aliphatic carboxylic acids is 1. The summed E-state index contributed by atoms with van der Waals surface area (Å²) in [5, 5.41) is 22.1. The van der Waals surface area contributed by atoms with Gasteiger partial charge in [0.25, 0.3) is 0 Å². The maximum absolute atomic E-state index is 12.6. The number of ether oxygens (including phenoxy) is 8. The SMILES string of the molecule is CC(C)(C)OC(=O)NCCOCCOCCNC(=O)CN(CCOCCOCCNCC(=O)O)CC(=O)NCCOCCOCCNC(=O)OC(C)(C)C. The molecule has 316 valence electrons. The van der Waals surface area contributed by atoms with Crippen LogP contribution in [0.5, 0.6) is 0 Å². The van der Waals surface area contributed by atoms with E-state index in [0.717, 1.165) is 0 Å². The number of carboxylic acid groups (broad SMARTS) is 1. The number of nitrogens with one attached hydrogen (secondary N) is 5. The van der Waals surface area contributed by atoms with Gasteiger partial charge in [-0.05, 0) is 41.5 Å². The molecule has 0 atom stereocenters. The third kappa shape index (κ3) is 38.4. The summed E-state index contributed by atoms with van der Waals surface area (Å²) in [6.07, 6.45) is -1.02. The predicted molar refractivity (Wildman–Crippen MR) is 196 cm³/mol. The molecule has 0 fully saturated rings. The summed E-state index contributed by atoms with van der Waals surface area (Å²) in [6.45, 7) is 15.8. The Kier molecular flexibility index (Phi) is 29.9. The lowest BCUT2D eigenvalue weighted by Crippen LogP contribution is -2.45. The Bertz CT molecular complexity index is 964. The first kappa shape index (κ1) is 50.6. The maximum atomic E-state index is 12.6. The zero-order valence-corrected chi connectivity index (χ0v) is 33.1. The average molecular weight is 783 g/mol. The molecule has 20 heteroatoms. The first-order valence-electron chi connectivity index (χ1n) is 18.2. The van der Waals surface area contributed by atoms with Crippen molar-refractivity contribution < 1.29 is 67.0 Å². The van der Waals surface area contributed by atoms with E-state index in [0.29, 0.717) is 79.0 Å². The van der Waals surface area contributed by atoms with Gasteiger partial charge in [-0.15, -0.1) is 0 Å². The molecule has 0 radical (unpaired) electrons. The van der Waals surface area contributed by atoms with Gasteiger partial charge < -0.3 is 69.6 Å². The fourth-order valence-corrected chi connectivity index (χ4v) is 3.84. The van der Waals surface area contributed by atoms with Gasteiger partial charge in [0.05, 0.1) is 98.9 Å². The largest absolute Gasteiger partial charge is 0.480 e. The second-order valence-electron chi connectivity index (χ2n) is 13.5. The van der Waals surface area contributed by atoms with Crippen LogP contribution in [0.4, 0.5) is 9.59 Å². The molecule has 0 aliphatic rings. The molecule has 0 aromatic carbocycles. The molecule has 54 heavy (non-hydrogen) atoms.